The third kappa shape index (κ3) is 5.08. The number of likely N-dealkylation sites (tertiary alicyclic amines) is 1. The Morgan fingerprint density at radius 3 is 2.65 bits per heavy atom. The number of carbonyl (C=O) groups excluding carboxylic acids is 1. The summed E-state index contributed by atoms with van der Waals surface area (Å²) in [7, 11) is 0. The van der Waals surface area contributed by atoms with Gasteiger partial charge in [0, 0.05) is 18.7 Å². The van der Waals surface area contributed by atoms with Gasteiger partial charge in [0.05, 0.1) is 5.56 Å². The van der Waals surface area contributed by atoms with Crippen LogP contribution in [0.15, 0.2) is 41.1 Å². The summed E-state index contributed by atoms with van der Waals surface area (Å²) in [5.74, 6) is -0.0831. The molecule has 140 valence electrons. The van der Waals surface area contributed by atoms with Crippen molar-refractivity contribution in [3.8, 4) is 0 Å². The molecule has 0 aliphatic carbocycles. The first-order chi connectivity index (χ1) is 12.4. The third-order valence-electron chi connectivity index (χ3n) is 4.70. The summed E-state index contributed by atoms with van der Waals surface area (Å²) < 4.78 is 38.2. The van der Waals surface area contributed by atoms with Crippen molar-refractivity contribution in [2.45, 2.75) is 25.6 Å². The van der Waals surface area contributed by atoms with Crippen molar-refractivity contribution < 1.29 is 18.0 Å². The largest absolute Gasteiger partial charge is 0.416 e. The van der Waals surface area contributed by atoms with Gasteiger partial charge in [0.25, 0.3) is 5.91 Å². The number of benzene rings is 1. The Labute approximate surface area is 154 Å². The Bertz CT molecular complexity index is 723. The quantitative estimate of drug-likeness (QED) is 0.831. The van der Waals surface area contributed by atoms with Crippen LogP contribution in [0.4, 0.5) is 13.2 Å². The van der Waals surface area contributed by atoms with Crippen molar-refractivity contribution in [2.24, 2.45) is 5.92 Å². The van der Waals surface area contributed by atoms with E-state index in [9.17, 15) is 18.0 Å². The summed E-state index contributed by atoms with van der Waals surface area (Å²) in [6.45, 7) is 3.40. The van der Waals surface area contributed by atoms with Crippen molar-refractivity contribution >= 4 is 17.2 Å². The molecule has 7 heteroatoms. The molecule has 1 aromatic carbocycles. The molecule has 0 unspecified atom stereocenters. The van der Waals surface area contributed by atoms with Crippen LogP contribution in [-0.2, 0) is 12.7 Å². The maximum atomic E-state index is 12.7. The van der Waals surface area contributed by atoms with E-state index in [0.29, 0.717) is 12.5 Å². The molecule has 0 atom stereocenters. The third-order valence-corrected chi connectivity index (χ3v) is 5.43. The minimum atomic E-state index is -4.44. The Kier molecular flexibility index (Phi) is 5.98. The molecule has 2 aromatic rings. The molecular formula is C19H21F3N2OS. The Morgan fingerprint density at radius 2 is 2.00 bits per heavy atom. The number of nitrogens with zero attached hydrogens (tertiary/aromatic N) is 1. The molecule has 0 bridgehead atoms. The second kappa shape index (κ2) is 8.22. The molecular weight excluding hydrogens is 361 g/mol. The Morgan fingerprint density at radius 1 is 1.23 bits per heavy atom. The van der Waals surface area contributed by atoms with Gasteiger partial charge in [-0.25, -0.2) is 0 Å². The fourth-order valence-corrected chi connectivity index (χ4v) is 3.83. The van der Waals surface area contributed by atoms with E-state index < -0.39 is 17.6 Å². The van der Waals surface area contributed by atoms with Gasteiger partial charge in [-0.2, -0.15) is 24.5 Å². The van der Waals surface area contributed by atoms with E-state index in [2.05, 4.69) is 27.0 Å². The van der Waals surface area contributed by atoms with Crippen molar-refractivity contribution in [3.63, 3.8) is 0 Å². The van der Waals surface area contributed by atoms with Gasteiger partial charge in [-0.05, 0) is 72.4 Å². The summed E-state index contributed by atoms with van der Waals surface area (Å²) >= 11 is 1.70. The van der Waals surface area contributed by atoms with E-state index in [4.69, 9.17) is 0 Å². The lowest BCUT2D eigenvalue weighted by Gasteiger charge is -2.31. The van der Waals surface area contributed by atoms with Gasteiger partial charge < -0.3 is 5.32 Å². The van der Waals surface area contributed by atoms with Crippen LogP contribution in [0.2, 0.25) is 0 Å². The standard InChI is InChI=1S/C19H21F3N2OS/c20-19(21,22)17-3-1-2-16(10-17)18(25)23-11-14-4-7-24(8-5-14)12-15-6-9-26-13-15/h1-3,6,9-10,13-14H,4-5,7-8,11-12H2,(H,23,25). The number of amides is 1. The molecule has 0 spiro atoms. The van der Waals surface area contributed by atoms with Gasteiger partial charge in [-0.3, -0.25) is 9.69 Å². The minimum Gasteiger partial charge on any atom is -0.352 e. The first kappa shape index (κ1) is 18.9. The monoisotopic (exact) mass is 382 g/mol. The molecule has 3 nitrogen and oxygen atoms in total. The fraction of sp³-hybridized carbons (Fsp3) is 0.421. The first-order valence-electron chi connectivity index (χ1n) is 8.61. The second-order valence-electron chi connectivity index (χ2n) is 6.64. The number of rotatable bonds is 5. The highest BCUT2D eigenvalue weighted by Gasteiger charge is 2.31. The van der Waals surface area contributed by atoms with Crippen LogP contribution < -0.4 is 5.32 Å². The molecule has 0 saturated carbocycles. The summed E-state index contributed by atoms with van der Waals surface area (Å²) in [5, 5.41) is 7.01. The van der Waals surface area contributed by atoms with Crippen LogP contribution >= 0.6 is 11.3 Å². The molecule has 1 amide bonds. The normalized spacial score (nSPS) is 16.6. The number of alkyl halides is 3. The highest BCUT2D eigenvalue weighted by Crippen LogP contribution is 2.29. The molecule has 3 rings (SSSR count). The van der Waals surface area contributed by atoms with Crippen LogP contribution in [0.25, 0.3) is 0 Å². The van der Waals surface area contributed by atoms with Crippen LogP contribution in [-0.4, -0.2) is 30.4 Å². The molecule has 2 heterocycles. The zero-order valence-corrected chi connectivity index (χ0v) is 15.1. The number of hydrogen-bond donors (Lipinski definition) is 1. The molecule has 1 fully saturated rings. The number of hydrogen-bond acceptors (Lipinski definition) is 3. The van der Waals surface area contributed by atoms with Crippen molar-refractivity contribution in [3.05, 3.63) is 57.8 Å². The molecule has 26 heavy (non-hydrogen) atoms. The zero-order chi connectivity index (χ0) is 18.6. The van der Waals surface area contributed by atoms with E-state index in [1.165, 1.54) is 17.7 Å². The topological polar surface area (TPSA) is 32.3 Å². The SMILES string of the molecule is O=C(NCC1CCN(Cc2ccsc2)CC1)c1cccc(C(F)(F)F)c1. The lowest BCUT2D eigenvalue weighted by molar-refractivity contribution is -0.137. The summed E-state index contributed by atoms with van der Waals surface area (Å²) in [6, 6.07) is 6.68. The number of nitrogens with one attached hydrogen (secondary N) is 1. The lowest BCUT2D eigenvalue weighted by Crippen LogP contribution is -2.38. The van der Waals surface area contributed by atoms with Gasteiger partial charge >= 0.3 is 6.18 Å². The van der Waals surface area contributed by atoms with E-state index in [-0.39, 0.29) is 5.56 Å². The molecule has 0 radical (unpaired) electrons. The predicted octanol–water partition coefficient (Wildman–Crippen LogP) is 4.41. The van der Waals surface area contributed by atoms with Gasteiger partial charge in [0.15, 0.2) is 0 Å². The van der Waals surface area contributed by atoms with Gasteiger partial charge in [0.2, 0.25) is 0 Å². The number of piperidine rings is 1. The van der Waals surface area contributed by atoms with Crippen molar-refractivity contribution in [1.29, 1.82) is 0 Å². The van der Waals surface area contributed by atoms with Crippen molar-refractivity contribution in [2.75, 3.05) is 19.6 Å². The average molecular weight is 382 g/mol. The molecule has 1 aliphatic rings. The van der Waals surface area contributed by atoms with Gasteiger partial charge in [0.1, 0.15) is 0 Å². The fourth-order valence-electron chi connectivity index (χ4n) is 3.17. The molecule has 1 aromatic heterocycles. The van der Waals surface area contributed by atoms with Crippen molar-refractivity contribution in [1.82, 2.24) is 10.2 Å². The van der Waals surface area contributed by atoms with Crippen LogP contribution in [0.5, 0.6) is 0 Å². The molecule has 1 saturated heterocycles. The van der Waals surface area contributed by atoms with E-state index in [1.54, 1.807) is 11.3 Å². The summed E-state index contributed by atoms with van der Waals surface area (Å²) in [6.07, 6.45) is -2.48. The lowest BCUT2D eigenvalue weighted by atomic mass is 9.96. The summed E-state index contributed by atoms with van der Waals surface area (Å²) in [5.41, 5.74) is 0.577. The molecule has 1 N–H and O–H groups in total. The van der Waals surface area contributed by atoms with Crippen LogP contribution in [0.1, 0.15) is 34.3 Å². The average Bonchev–Trinajstić information content (AvgIpc) is 3.13. The maximum absolute atomic E-state index is 12.7. The van der Waals surface area contributed by atoms with Gasteiger partial charge in [-0.15, -0.1) is 0 Å². The van der Waals surface area contributed by atoms with Gasteiger partial charge in [-0.1, -0.05) is 6.07 Å². The number of halogens is 3. The second-order valence-corrected chi connectivity index (χ2v) is 7.42. The maximum Gasteiger partial charge on any atom is 0.416 e. The first-order valence-corrected chi connectivity index (χ1v) is 9.55. The molecule has 1 aliphatic heterocycles. The number of carbonyl (C=O) groups is 1. The summed E-state index contributed by atoms with van der Waals surface area (Å²) in [4.78, 5) is 14.6. The Hall–Kier alpha value is -1.86. The van der Waals surface area contributed by atoms with E-state index in [1.807, 2.05) is 0 Å². The smallest absolute Gasteiger partial charge is 0.352 e. The van der Waals surface area contributed by atoms with E-state index >= 15 is 0 Å². The highest BCUT2D eigenvalue weighted by molar-refractivity contribution is 7.07. The number of thiophene rings is 1. The van der Waals surface area contributed by atoms with Crippen LogP contribution in [0.3, 0.4) is 0 Å². The van der Waals surface area contributed by atoms with Crippen LogP contribution in [0, 0.1) is 5.92 Å². The minimum absolute atomic E-state index is 0.0507. The zero-order valence-electron chi connectivity index (χ0n) is 14.3. The highest BCUT2D eigenvalue weighted by atomic mass is 32.1. The predicted molar refractivity (Wildman–Crippen MR) is 96.1 cm³/mol. The van der Waals surface area contributed by atoms with E-state index in [0.717, 1.165) is 44.6 Å². The Balaban J connectivity index is 1.45.